The predicted octanol–water partition coefficient (Wildman–Crippen LogP) is 3.23. The van der Waals surface area contributed by atoms with Crippen LogP contribution < -0.4 is 5.32 Å². The Morgan fingerprint density at radius 2 is 1.94 bits per heavy atom. The van der Waals surface area contributed by atoms with Gasteiger partial charge in [0.2, 0.25) is 0 Å². The van der Waals surface area contributed by atoms with Gasteiger partial charge in [-0.15, -0.1) is 0 Å². The van der Waals surface area contributed by atoms with Crippen molar-refractivity contribution in [3.63, 3.8) is 0 Å². The molecular formula is C13H17BrN2. The molecule has 0 amide bonds. The Kier molecular flexibility index (Phi) is 4.52. The molecule has 0 spiro atoms. The van der Waals surface area contributed by atoms with Gasteiger partial charge in [-0.05, 0) is 24.6 Å². The van der Waals surface area contributed by atoms with Crippen LogP contribution in [-0.4, -0.2) is 12.6 Å². The maximum absolute atomic E-state index is 8.72. The molecule has 0 aliphatic carbocycles. The predicted molar refractivity (Wildman–Crippen MR) is 70.2 cm³/mol. The first-order valence-corrected chi connectivity index (χ1v) is 6.14. The van der Waals surface area contributed by atoms with E-state index in [0.29, 0.717) is 0 Å². The molecule has 0 aliphatic rings. The van der Waals surface area contributed by atoms with Crippen LogP contribution in [0.15, 0.2) is 28.7 Å². The Balaban J connectivity index is 2.70. The van der Waals surface area contributed by atoms with Crippen molar-refractivity contribution in [1.82, 2.24) is 5.32 Å². The molecule has 16 heavy (non-hydrogen) atoms. The highest BCUT2D eigenvalue weighted by molar-refractivity contribution is 9.10. The molecule has 1 unspecified atom stereocenters. The van der Waals surface area contributed by atoms with Crippen molar-refractivity contribution in [3.05, 3.63) is 34.3 Å². The van der Waals surface area contributed by atoms with Crippen LogP contribution in [0.25, 0.3) is 0 Å². The molecule has 1 aromatic carbocycles. The van der Waals surface area contributed by atoms with Crippen molar-refractivity contribution in [2.75, 3.05) is 6.54 Å². The van der Waals surface area contributed by atoms with E-state index in [1.54, 1.807) is 0 Å². The zero-order valence-corrected chi connectivity index (χ0v) is 11.5. The summed E-state index contributed by atoms with van der Waals surface area (Å²) < 4.78 is 1.09. The van der Waals surface area contributed by atoms with Gasteiger partial charge >= 0.3 is 0 Å². The minimum Gasteiger partial charge on any atom is -0.301 e. The molecule has 0 aliphatic heterocycles. The molecule has 0 heterocycles. The van der Waals surface area contributed by atoms with Gasteiger partial charge in [-0.3, -0.25) is 0 Å². The highest BCUT2D eigenvalue weighted by Crippen LogP contribution is 2.24. The van der Waals surface area contributed by atoms with E-state index in [2.05, 4.69) is 53.3 Å². The van der Waals surface area contributed by atoms with Crippen LogP contribution in [0.2, 0.25) is 0 Å². The lowest BCUT2D eigenvalue weighted by molar-refractivity contribution is 0.457. The van der Waals surface area contributed by atoms with E-state index in [1.807, 2.05) is 19.1 Å². The standard InChI is InChI=1S/C13H17BrN2/c1-10(8-15)16-9-13(2,3)11-4-6-12(14)7-5-11/h4-7,10,16H,9H2,1-3H3. The van der Waals surface area contributed by atoms with Crippen LogP contribution >= 0.6 is 15.9 Å². The maximum Gasteiger partial charge on any atom is 0.0924 e. The quantitative estimate of drug-likeness (QED) is 0.919. The van der Waals surface area contributed by atoms with E-state index < -0.39 is 0 Å². The van der Waals surface area contributed by atoms with Crippen LogP contribution in [0.1, 0.15) is 26.3 Å². The number of benzene rings is 1. The minimum atomic E-state index is -0.102. The Morgan fingerprint density at radius 1 is 1.38 bits per heavy atom. The van der Waals surface area contributed by atoms with Crippen molar-refractivity contribution in [3.8, 4) is 6.07 Å². The summed E-state index contributed by atoms with van der Waals surface area (Å²) in [5, 5.41) is 11.9. The third kappa shape index (κ3) is 3.62. The Morgan fingerprint density at radius 3 is 2.44 bits per heavy atom. The van der Waals surface area contributed by atoms with E-state index in [0.717, 1.165) is 11.0 Å². The summed E-state index contributed by atoms with van der Waals surface area (Å²) in [6, 6.07) is 10.4. The summed E-state index contributed by atoms with van der Waals surface area (Å²) in [7, 11) is 0. The fourth-order valence-electron chi connectivity index (χ4n) is 1.46. The lowest BCUT2D eigenvalue weighted by Gasteiger charge is -2.26. The van der Waals surface area contributed by atoms with Gasteiger partial charge in [-0.25, -0.2) is 0 Å². The van der Waals surface area contributed by atoms with Crippen LogP contribution in [0, 0.1) is 11.3 Å². The minimum absolute atomic E-state index is 0.0335. The first-order chi connectivity index (χ1) is 7.45. The molecule has 3 heteroatoms. The van der Waals surface area contributed by atoms with Crippen molar-refractivity contribution in [2.45, 2.75) is 32.2 Å². The number of rotatable bonds is 4. The summed E-state index contributed by atoms with van der Waals surface area (Å²) in [4.78, 5) is 0. The molecule has 1 rings (SSSR count). The van der Waals surface area contributed by atoms with Gasteiger partial charge < -0.3 is 5.32 Å². The van der Waals surface area contributed by atoms with Gasteiger partial charge in [0.05, 0.1) is 12.1 Å². The molecule has 1 aromatic rings. The topological polar surface area (TPSA) is 35.8 Å². The highest BCUT2D eigenvalue weighted by atomic mass is 79.9. The van der Waals surface area contributed by atoms with Crippen LogP contribution in [0.4, 0.5) is 0 Å². The van der Waals surface area contributed by atoms with Gasteiger partial charge in [0, 0.05) is 16.4 Å². The number of nitrogens with one attached hydrogen (secondary N) is 1. The lowest BCUT2D eigenvalue weighted by atomic mass is 9.84. The van der Waals surface area contributed by atoms with E-state index in [-0.39, 0.29) is 11.5 Å². The molecule has 0 saturated carbocycles. The number of halogens is 1. The molecule has 0 bridgehead atoms. The van der Waals surface area contributed by atoms with Crippen molar-refractivity contribution >= 4 is 15.9 Å². The number of hydrogen-bond donors (Lipinski definition) is 1. The third-order valence-corrected chi connectivity index (χ3v) is 3.20. The molecule has 2 nitrogen and oxygen atoms in total. The zero-order valence-electron chi connectivity index (χ0n) is 9.92. The van der Waals surface area contributed by atoms with Gasteiger partial charge in [-0.1, -0.05) is 41.9 Å². The van der Waals surface area contributed by atoms with E-state index in [9.17, 15) is 0 Å². The second-order valence-electron chi connectivity index (χ2n) is 4.62. The first-order valence-electron chi connectivity index (χ1n) is 5.35. The smallest absolute Gasteiger partial charge is 0.0924 e. The Bertz CT molecular complexity index is 376. The second-order valence-corrected chi connectivity index (χ2v) is 5.54. The number of hydrogen-bond acceptors (Lipinski definition) is 2. The monoisotopic (exact) mass is 280 g/mol. The molecule has 86 valence electrons. The van der Waals surface area contributed by atoms with Gasteiger partial charge in [-0.2, -0.15) is 5.26 Å². The number of nitrogens with zero attached hydrogens (tertiary/aromatic N) is 1. The maximum atomic E-state index is 8.72. The lowest BCUT2D eigenvalue weighted by Crippen LogP contribution is -2.37. The summed E-state index contributed by atoms with van der Waals surface area (Å²) in [5.41, 5.74) is 1.31. The average molecular weight is 281 g/mol. The average Bonchev–Trinajstić information content (AvgIpc) is 2.26. The molecule has 1 N–H and O–H groups in total. The summed E-state index contributed by atoms with van der Waals surface area (Å²) in [6.07, 6.45) is 0. The highest BCUT2D eigenvalue weighted by Gasteiger charge is 2.20. The van der Waals surface area contributed by atoms with Crippen molar-refractivity contribution in [2.24, 2.45) is 0 Å². The molecule has 1 atom stereocenters. The van der Waals surface area contributed by atoms with Gasteiger partial charge in [0.1, 0.15) is 0 Å². The molecule has 0 saturated heterocycles. The SMILES string of the molecule is CC(C#N)NCC(C)(C)c1ccc(Br)cc1. The number of nitriles is 1. The van der Waals surface area contributed by atoms with Crippen LogP contribution in [0.3, 0.4) is 0 Å². The van der Waals surface area contributed by atoms with Crippen molar-refractivity contribution in [1.29, 1.82) is 5.26 Å². The fourth-order valence-corrected chi connectivity index (χ4v) is 1.72. The third-order valence-electron chi connectivity index (χ3n) is 2.67. The van der Waals surface area contributed by atoms with Crippen molar-refractivity contribution < 1.29 is 0 Å². The zero-order chi connectivity index (χ0) is 12.2. The molecule has 0 aromatic heterocycles. The Hall–Kier alpha value is -0.850. The molecule has 0 fully saturated rings. The molecular weight excluding hydrogens is 264 g/mol. The van der Waals surface area contributed by atoms with Crippen LogP contribution in [0.5, 0.6) is 0 Å². The summed E-state index contributed by atoms with van der Waals surface area (Å²) in [6.45, 7) is 7.02. The summed E-state index contributed by atoms with van der Waals surface area (Å²) >= 11 is 3.43. The van der Waals surface area contributed by atoms with Crippen LogP contribution in [-0.2, 0) is 5.41 Å². The molecule has 0 radical (unpaired) electrons. The summed E-state index contributed by atoms with van der Waals surface area (Å²) in [5.74, 6) is 0. The fraction of sp³-hybridized carbons (Fsp3) is 0.462. The normalized spacial score (nSPS) is 13.2. The first kappa shape index (κ1) is 13.2. The van der Waals surface area contributed by atoms with Gasteiger partial charge in [0.15, 0.2) is 0 Å². The van der Waals surface area contributed by atoms with E-state index in [4.69, 9.17) is 5.26 Å². The van der Waals surface area contributed by atoms with E-state index >= 15 is 0 Å². The Labute approximate surface area is 106 Å². The van der Waals surface area contributed by atoms with E-state index in [1.165, 1.54) is 5.56 Å². The second kappa shape index (κ2) is 5.47. The largest absolute Gasteiger partial charge is 0.301 e. The van der Waals surface area contributed by atoms with Gasteiger partial charge in [0.25, 0.3) is 0 Å².